The van der Waals surface area contributed by atoms with Gasteiger partial charge in [-0.25, -0.2) is 0 Å². The number of ether oxygens (including phenoxy) is 2. The fraction of sp³-hybridized carbons (Fsp3) is 0.250. The van der Waals surface area contributed by atoms with Crippen molar-refractivity contribution in [3.8, 4) is 17.2 Å². The Morgan fingerprint density at radius 2 is 2.31 bits per heavy atom. The van der Waals surface area contributed by atoms with Gasteiger partial charge in [0.15, 0.2) is 11.5 Å². The third-order valence-electron chi connectivity index (χ3n) is 1.75. The van der Waals surface area contributed by atoms with Gasteiger partial charge < -0.3 is 14.6 Å². The highest BCUT2D eigenvalue weighted by atomic mass is 79.9. The van der Waals surface area contributed by atoms with Crippen molar-refractivity contribution in [2.24, 2.45) is 0 Å². The molecule has 2 rings (SSSR count). The van der Waals surface area contributed by atoms with E-state index in [4.69, 9.17) is 9.47 Å². The summed E-state index contributed by atoms with van der Waals surface area (Å²) in [5.74, 6) is 1.51. The maximum absolute atomic E-state index is 9.66. The van der Waals surface area contributed by atoms with Crippen LogP contribution in [0.1, 0.15) is 0 Å². The second-order valence-corrected chi connectivity index (χ2v) is 4.14. The van der Waals surface area contributed by atoms with E-state index in [1.54, 1.807) is 6.07 Å². The zero-order valence-corrected chi connectivity index (χ0v) is 9.24. The van der Waals surface area contributed by atoms with E-state index in [0.717, 1.165) is 0 Å². The van der Waals surface area contributed by atoms with Crippen LogP contribution in [0.3, 0.4) is 0 Å². The maximum atomic E-state index is 9.66. The quantitative estimate of drug-likeness (QED) is 0.790. The molecule has 0 unspecified atom stereocenters. The number of hydrogen-bond acceptors (Lipinski definition) is 4. The molecule has 0 bridgehead atoms. The first-order valence-corrected chi connectivity index (χ1v) is 5.61. The van der Waals surface area contributed by atoms with Crippen molar-refractivity contribution in [3.05, 3.63) is 10.5 Å². The second-order valence-electron chi connectivity index (χ2n) is 2.47. The minimum Gasteiger partial charge on any atom is -0.505 e. The number of aromatic hydroxyl groups is 1. The molecule has 1 aliphatic rings. The average molecular weight is 263 g/mol. The highest BCUT2D eigenvalue weighted by Gasteiger charge is 2.22. The Hall–Kier alpha value is -0.550. The summed E-state index contributed by atoms with van der Waals surface area (Å²) in [5.41, 5.74) is 0. The van der Waals surface area contributed by atoms with Crippen molar-refractivity contribution in [1.82, 2.24) is 0 Å². The van der Waals surface area contributed by atoms with Crippen LogP contribution in [-0.4, -0.2) is 18.2 Å². The van der Waals surface area contributed by atoms with Gasteiger partial charge in [0.2, 0.25) is 6.79 Å². The van der Waals surface area contributed by atoms with Crippen molar-refractivity contribution >= 4 is 27.7 Å². The summed E-state index contributed by atoms with van der Waals surface area (Å²) in [4.78, 5) is 0.710. The Labute approximate surface area is 88.2 Å². The van der Waals surface area contributed by atoms with Gasteiger partial charge in [-0.05, 0) is 22.2 Å². The molecular weight excluding hydrogens is 256 g/mol. The molecule has 5 heteroatoms. The molecule has 70 valence electrons. The van der Waals surface area contributed by atoms with Crippen LogP contribution >= 0.6 is 27.7 Å². The Balaban J connectivity index is 2.64. The van der Waals surface area contributed by atoms with E-state index < -0.39 is 0 Å². The Morgan fingerprint density at radius 1 is 1.54 bits per heavy atom. The van der Waals surface area contributed by atoms with Crippen LogP contribution < -0.4 is 9.47 Å². The van der Waals surface area contributed by atoms with Crippen LogP contribution in [-0.2, 0) is 0 Å². The summed E-state index contributed by atoms with van der Waals surface area (Å²) >= 11 is 4.67. The van der Waals surface area contributed by atoms with Gasteiger partial charge in [0.25, 0.3) is 0 Å². The predicted molar refractivity (Wildman–Crippen MR) is 53.7 cm³/mol. The first kappa shape index (κ1) is 9.02. The van der Waals surface area contributed by atoms with Crippen LogP contribution in [0, 0.1) is 0 Å². The molecule has 1 N–H and O–H groups in total. The Bertz CT molecular complexity index is 354. The van der Waals surface area contributed by atoms with Crippen molar-refractivity contribution in [2.75, 3.05) is 13.0 Å². The first-order chi connectivity index (χ1) is 6.24. The Morgan fingerprint density at radius 3 is 3.00 bits per heavy atom. The lowest BCUT2D eigenvalue weighted by Gasteiger charge is -2.06. The summed E-state index contributed by atoms with van der Waals surface area (Å²) in [6, 6.07) is 1.71. The standard InChI is InChI=1S/C8H7BrO3S/c1-13-8-6(10)4(9)2-5-7(8)12-3-11-5/h2,10H,3H2,1H3. The molecule has 1 heterocycles. The highest BCUT2D eigenvalue weighted by Crippen LogP contribution is 2.48. The van der Waals surface area contributed by atoms with Gasteiger partial charge in [-0.1, -0.05) is 0 Å². The maximum Gasteiger partial charge on any atom is 0.231 e. The smallest absolute Gasteiger partial charge is 0.231 e. The normalized spacial score (nSPS) is 13.4. The van der Waals surface area contributed by atoms with Crippen LogP contribution in [0.25, 0.3) is 0 Å². The predicted octanol–water partition coefficient (Wildman–Crippen LogP) is 2.61. The highest BCUT2D eigenvalue weighted by molar-refractivity contribution is 9.10. The third-order valence-corrected chi connectivity index (χ3v) is 3.14. The summed E-state index contributed by atoms with van der Waals surface area (Å²) in [6.45, 7) is 0.221. The molecule has 0 saturated heterocycles. The molecule has 0 radical (unpaired) electrons. The van der Waals surface area contributed by atoms with Gasteiger partial charge in [-0.3, -0.25) is 0 Å². The van der Waals surface area contributed by atoms with Crippen LogP contribution in [0.5, 0.6) is 17.2 Å². The number of phenolic OH excluding ortho intramolecular Hbond substituents is 1. The molecule has 0 atom stereocenters. The molecule has 0 aliphatic carbocycles. The van der Waals surface area contributed by atoms with Crippen LogP contribution in [0.15, 0.2) is 15.4 Å². The van der Waals surface area contributed by atoms with E-state index in [9.17, 15) is 5.11 Å². The molecule has 1 aliphatic heterocycles. The minimum atomic E-state index is 0.205. The van der Waals surface area contributed by atoms with Gasteiger partial charge in [0.1, 0.15) is 5.75 Å². The van der Waals surface area contributed by atoms with Gasteiger partial charge >= 0.3 is 0 Å². The number of hydrogen-bond donors (Lipinski definition) is 1. The molecule has 0 amide bonds. The molecular formula is C8H7BrO3S. The molecule has 13 heavy (non-hydrogen) atoms. The Kier molecular flexibility index (Phi) is 2.29. The second kappa shape index (κ2) is 3.31. The molecule has 3 nitrogen and oxygen atoms in total. The van der Waals surface area contributed by atoms with E-state index >= 15 is 0 Å². The molecule has 0 saturated carbocycles. The molecule has 0 spiro atoms. The monoisotopic (exact) mass is 262 g/mol. The molecule has 0 fully saturated rings. The average Bonchev–Trinajstić information content (AvgIpc) is 2.54. The summed E-state index contributed by atoms with van der Waals surface area (Å²) in [6.07, 6.45) is 1.88. The summed E-state index contributed by atoms with van der Waals surface area (Å²) < 4.78 is 11.1. The van der Waals surface area contributed by atoms with Crippen LogP contribution in [0.2, 0.25) is 0 Å². The van der Waals surface area contributed by atoms with Crippen molar-refractivity contribution in [2.45, 2.75) is 4.90 Å². The van der Waals surface area contributed by atoms with E-state index in [0.29, 0.717) is 20.9 Å². The third kappa shape index (κ3) is 1.36. The zero-order chi connectivity index (χ0) is 9.42. The lowest BCUT2D eigenvalue weighted by atomic mass is 10.3. The summed E-state index contributed by atoms with van der Waals surface area (Å²) in [5, 5.41) is 9.66. The van der Waals surface area contributed by atoms with Gasteiger partial charge in [0, 0.05) is 6.07 Å². The van der Waals surface area contributed by atoms with E-state index in [1.165, 1.54) is 11.8 Å². The zero-order valence-electron chi connectivity index (χ0n) is 6.83. The first-order valence-electron chi connectivity index (χ1n) is 3.59. The van der Waals surface area contributed by atoms with Crippen molar-refractivity contribution in [3.63, 3.8) is 0 Å². The lowest BCUT2D eigenvalue weighted by Crippen LogP contribution is -1.93. The largest absolute Gasteiger partial charge is 0.505 e. The summed E-state index contributed by atoms with van der Waals surface area (Å²) in [7, 11) is 0. The minimum absolute atomic E-state index is 0.205. The SMILES string of the molecule is CSc1c(O)c(Br)cc2c1OCO2. The number of phenols is 1. The van der Waals surface area contributed by atoms with Crippen LogP contribution in [0.4, 0.5) is 0 Å². The molecule has 1 aromatic rings. The number of rotatable bonds is 1. The van der Waals surface area contributed by atoms with Gasteiger partial charge in [-0.15, -0.1) is 11.8 Å². The van der Waals surface area contributed by atoms with Crippen molar-refractivity contribution in [1.29, 1.82) is 0 Å². The topological polar surface area (TPSA) is 38.7 Å². The fourth-order valence-corrected chi connectivity index (χ4v) is 2.35. The number of thioether (sulfide) groups is 1. The molecule has 1 aromatic carbocycles. The van der Waals surface area contributed by atoms with Gasteiger partial charge in [0.05, 0.1) is 9.37 Å². The van der Waals surface area contributed by atoms with Crippen molar-refractivity contribution < 1.29 is 14.6 Å². The van der Waals surface area contributed by atoms with E-state index in [-0.39, 0.29) is 12.5 Å². The number of benzene rings is 1. The lowest BCUT2D eigenvalue weighted by molar-refractivity contribution is 0.172. The fourth-order valence-electron chi connectivity index (χ4n) is 1.16. The van der Waals surface area contributed by atoms with Gasteiger partial charge in [-0.2, -0.15) is 0 Å². The van der Waals surface area contributed by atoms with E-state index in [2.05, 4.69) is 15.9 Å². The number of halogens is 1. The number of fused-ring (bicyclic) bond motifs is 1. The molecule has 0 aromatic heterocycles. The van der Waals surface area contributed by atoms with E-state index in [1.807, 2.05) is 6.26 Å².